The SMILES string of the molecule is CCC(C)(N)C1CO1. The second-order valence-electron chi connectivity index (χ2n) is 2.68. The quantitative estimate of drug-likeness (QED) is 0.532. The summed E-state index contributed by atoms with van der Waals surface area (Å²) in [6, 6.07) is 0. The van der Waals surface area contributed by atoms with Gasteiger partial charge in [-0.1, -0.05) is 6.92 Å². The fourth-order valence-electron chi connectivity index (χ4n) is 0.657. The molecule has 0 bridgehead atoms. The summed E-state index contributed by atoms with van der Waals surface area (Å²) in [5.74, 6) is 0. The van der Waals surface area contributed by atoms with Crippen LogP contribution < -0.4 is 5.73 Å². The Kier molecular flexibility index (Phi) is 1.29. The maximum atomic E-state index is 5.80. The molecule has 1 aliphatic rings. The number of rotatable bonds is 2. The third-order valence-corrected chi connectivity index (χ3v) is 1.83. The van der Waals surface area contributed by atoms with Crippen LogP contribution in [0.15, 0.2) is 0 Å². The van der Waals surface area contributed by atoms with Crippen LogP contribution in [0.4, 0.5) is 0 Å². The molecule has 1 rings (SSSR count). The van der Waals surface area contributed by atoms with Crippen molar-refractivity contribution in [2.45, 2.75) is 31.9 Å². The van der Waals surface area contributed by atoms with Crippen molar-refractivity contribution in [3.8, 4) is 0 Å². The lowest BCUT2D eigenvalue weighted by Crippen LogP contribution is -2.41. The molecular weight excluding hydrogens is 102 g/mol. The van der Waals surface area contributed by atoms with Gasteiger partial charge in [-0.15, -0.1) is 0 Å². The van der Waals surface area contributed by atoms with Gasteiger partial charge in [-0.25, -0.2) is 0 Å². The summed E-state index contributed by atoms with van der Waals surface area (Å²) in [4.78, 5) is 0. The Labute approximate surface area is 50.0 Å². The molecule has 8 heavy (non-hydrogen) atoms. The van der Waals surface area contributed by atoms with Crippen molar-refractivity contribution in [3.05, 3.63) is 0 Å². The maximum Gasteiger partial charge on any atom is 0.0985 e. The van der Waals surface area contributed by atoms with E-state index >= 15 is 0 Å². The summed E-state index contributed by atoms with van der Waals surface area (Å²) >= 11 is 0. The van der Waals surface area contributed by atoms with E-state index in [-0.39, 0.29) is 5.54 Å². The Morgan fingerprint density at radius 3 is 2.50 bits per heavy atom. The molecule has 0 aliphatic carbocycles. The van der Waals surface area contributed by atoms with Crippen LogP contribution in [0.25, 0.3) is 0 Å². The highest BCUT2D eigenvalue weighted by molar-refractivity contribution is 4.93. The Morgan fingerprint density at radius 1 is 1.88 bits per heavy atom. The summed E-state index contributed by atoms with van der Waals surface area (Å²) in [5, 5.41) is 0. The van der Waals surface area contributed by atoms with Gasteiger partial charge in [-0.3, -0.25) is 0 Å². The van der Waals surface area contributed by atoms with Gasteiger partial charge in [0.05, 0.1) is 12.7 Å². The lowest BCUT2D eigenvalue weighted by atomic mass is 9.97. The summed E-state index contributed by atoms with van der Waals surface area (Å²) < 4.78 is 5.04. The van der Waals surface area contributed by atoms with Gasteiger partial charge in [0, 0.05) is 5.54 Å². The first-order valence-electron chi connectivity index (χ1n) is 3.07. The molecule has 2 nitrogen and oxygen atoms in total. The predicted octanol–water partition coefficient (Wildman–Crippen LogP) is 0.513. The highest BCUT2D eigenvalue weighted by Gasteiger charge is 2.38. The van der Waals surface area contributed by atoms with E-state index in [4.69, 9.17) is 10.5 Å². The largest absolute Gasteiger partial charge is 0.371 e. The zero-order chi connectivity index (χ0) is 6.20. The van der Waals surface area contributed by atoms with Crippen molar-refractivity contribution in [2.75, 3.05) is 6.61 Å². The van der Waals surface area contributed by atoms with Gasteiger partial charge in [-0.2, -0.15) is 0 Å². The molecule has 0 aromatic rings. The predicted molar refractivity (Wildman–Crippen MR) is 32.6 cm³/mol. The molecule has 0 radical (unpaired) electrons. The minimum Gasteiger partial charge on any atom is -0.371 e. The fourth-order valence-corrected chi connectivity index (χ4v) is 0.657. The van der Waals surface area contributed by atoms with Crippen LogP contribution in [-0.4, -0.2) is 18.2 Å². The second-order valence-corrected chi connectivity index (χ2v) is 2.68. The van der Waals surface area contributed by atoms with Crippen molar-refractivity contribution in [1.29, 1.82) is 0 Å². The molecule has 0 aromatic heterocycles. The van der Waals surface area contributed by atoms with Crippen LogP contribution >= 0.6 is 0 Å². The van der Waals surface area contributed by atoms with E-state index in [9.17, 15) is 0 Å². The summed E-state index contributed by atoms with van der Waals surface area (Å²) in [6.07, 6.45) is 1.34. The second kappa shape index (κ2) is 1.71. The van der Waals surface area contributed by atoms with Crippen LogP contribution in [0.5, 0.6) is 0 Å². The number of hydrogen-bond acceptors (Lipinski definition) is 2. The molecule has 2 heteroatoms. The zero-order valence-electron chi connectivity index (χ0n) is 5.48. The van der Waals surface area contributed by atoms with Crippen LogP contribution in [0.3, 0.4) is 0 Å². The van der Waals surface area contributed by atoms with E-state index in [1.807, 2.05) is 6.92 Å². The molecule has 1 fully saturated rings. The Bertz CT molecular complexity index is 86.5. The smallest absolute Gasteiger partial charge is 0.0985 e. The van der Waals surface area contributed by atoms with Gasteiger partial charge in [-0.05, 0) is 13.3 Å². The molecule has 0 amide bonds. The molecule has 0 spiro atoms. The summed E-state index contributed by atoms with van der Waals surface area (Å²) in [6.45, 7) is 4.98. The first-order chi connectivity index (χ1) is 3.67. The van der Waals surface area contributed by atoms with Crippen LogP contribution in [0.1, 0.15) is 20.3 Å². The molecule has 2 unspecified atom stereocenters. The van der Waals surface area contributed by atoms with Crippen molar-refractivity contribution in [1.82, 2.24) is 0 Å². The first kappa shape index (κ1) is 6.05. The Hall–Kier alpha value is -0.0800. The fraction of sp³-hybridized carbons (Fsp3) is 1.00. The normalized spacial score (nSPS) is 34.1. The van der Waals surface area contributed by atoms with Crippen molar-refractivity contribution < 1.29 is 4.74 Å². The molecule has 48 valence electrons. The molecule has 1 heterocycles. The minimum absolute atomic E-state index is 0.0694. The van der Waals surface area contributed by atoms with E-state index in [1.54, 1.807) is 0 Å². The molecule has 0 saturated carbocycles. The minimum atomic E-state index is -0.0694. The zero-order valence-corrected chi connectivity index (χ0v) is 5.48. The van der Waals surface area contributed by atoms with Crippen LogP contribution in [0.2, 0.25) is 0 Å². The van der Waals surface area contributed by atoms with Crippen molar-refractivity contribution in [2.24, 2.45) is 5.73 Å². The summed E-state index contributed by atoms with van der Waals surface area (Å²) in [7, 11) is 0. The highest BCUT2D eigenvalue weighted by Crippen LogP contribution is 2.24. The summed E-state index contributed by atoms with van der Waals surface area (Å²) in [5.41, 5.74) is 5.73. The average Bonchev–Trinajstić information content (AvgIpc) is 2.44. The average molecular weight is 115 g/mol. The van der Waals surface area contributed by atoms with E-state index < -0.39 is 0 Å². The van der Waals surface area contributed by atoms with Gasteiger partial charge in [0.15, 0.2) is 0 Å². The maximum absolute atomic E-state index is 5.80. The standard InChI is InChI=1S/C6H13NO/c1-3-6(2,7)5-4-8-5/h5H,3-4,7H2,1-2H3. The van der Waals surface area contributed by atoms with Gasteiger partial charge in [0.25, 0.3) is 0 Å². The third-order valence-electron chi connectivity index (χ3n) is 1.83. The highest BCUT2D eigenvalue weighted by atomic mass is 16.6. The van der Waals surface area contributed by atoms with Crippen LogP contribution in [-0.2, 0) is 4.74 Å². The Morgan fingerprint density at radius 2 is 2.38 bits per heavy atom. The van der Waals surface area contributed by atoms with Gasteiger partial charge in [0.2, 0.25) is 0 Å². The van der Waals surface area contributed by atoms with Crippen molar-refractivity contribution >= 4 is 0 Å². The molecule has 0 aromatic carbocycles. The van der Waals surface area contributed by atoms with Gasteiger partial charge < -0.3 is 10.5 Å². The van der Waals surface area contributed by atoms with Crippen LogP contribution in [0, 0.1) is 0 Å². The van der Waals surface area contributed by atoms with E-state index in [2.05, 4.69) is 6.92 Å². The number of epoxide rings is 1. The van der Waals surface area contributed by atoms with E-state index in [0.717, 1.165) is 13.0 Å². The third kappa shape index (κ3) is 1.01. The molecule has 2 atom stereocenters. The lowest BCUT2D eigenvalue weighted by molar-refractivity contribution is 0.297. The molecule has 1 saturated heterocycles. The van der Waals surface area contributed by atoms with Gasteiger partial charge >= 0.3 is 0 Å². The molecule has 1 aliphatic heterocycles. The number of nitrogens with two attached hydrogens (primary N) is 1. The Balaban J connectivity index is 2.37. The number of hydrogen-bond donors (Lipinski definition) is 1. The van der Waals surface area contributed by atoms with E-state index in [1.165, 1.54) is 0 Å². The topological polar surface area (TPSA) is 38.5 Å². The van der Waals surface area contributed by atoms with E-state index in [0.29, 0.717) is 6.10 Å². The molecule has 2 N–H and O–H groups in total. The monoisotopic (exact) mass is 115 g/mol. The lowest BCUT2D eigenvalue weighted by Gasteiger charge is -2.18. The first-order valence-corrected chi connectivity index (χ1v) is 3.07. The number of ether oxygens (including phenoxy) is 1. The van der Waals surface area contributed by atoms with Crippen molar-refractivity contribution in [3.63, 3.8) is 0 Å². The molecular formula is C6H13NO. The van der Waals surface area contributed by atoms with Gasteiger partial charge in [0.1, 0.15) is 0 Å².